The third kappa shape index (κ3) is 2.59. The molecule has 0 amide bonds. The summed E-state index contributed by atoms with van der Waals surface area (Å²) in [6, 6.07) is 9.94. The van der Waals surface area contributed by atoms with E-state index < -0.39 is 0 Å². The normalized spacial score (nSPS) is 11.2. The standard InChI is InChI=1S/C13H9FN4S2/c14-10-5-3-9(4-6-10)8-15-18-12(16-17-13(18)19)11-2-1-7-20-11/h1-8H,(H,17,19)/b15-8+. The number of aromatic amines is 1. The van der Waals surface area contributed by atoms with Gasteiger partial charge in [0.2, 0.25) is 4.77 Å². The average molecular weight is 304 g/mol. The zero-order valence-corrected chi connectivity index (χ0v) is 11.8. The van der Waals surface area contributed by atoms with Crippen molar-refractivity contribution in [3.8, 4) is 10.7 Å². The van der Waals surface area contributed by atoms with Gasteiger partial charge in [0.1, 0.15) is 5.82 Å². The van der Waals surface area contributed by atoms with Crippen molar-refractivity contribution in [3.63, 3.8) is 0 Å². The molecule has 3 rings (SSSR count). The number of nitrogens with zero attached hydrogens (tertiary/aromatic N) is 3. The number of halogens is 1. The van der Waals surface area contributed by atoms with E-state index in [2.05, 4.69) is 15.3 Å². The van der Waals surface area contributed by atoms with E-state index in [-0.39, 0.29) is 5.82 Å². The molecule has 0 saturated carbocycles. The van der Waals surface area contributed by atoms with Gasteiger partial charge in [-0.3, -0.25) is 0 Å². The van der Waals surface area contributed by atoms with E-state index in [1.807, 2.05) is 17.5 Å². The molecule has 1 N–H and O–H groups in total. The maximum Gasteiger partial charge on any atom is 0.216 e. The molecule has 0 spiro atoms. The van der Waals surface area contributed by atoms with E-state index in [1.165, 1.54) is 12.1 Å². The summed E-state index contributed by atoms with van der Waals surface area (Å²) in [5.74, 6) is 0.379. The smallest absolute Gasteiger partial charge is 0.216 e. The van der Waals surface area contributed by atoms with Crippen molar-refractivity contribution in [2.45, 2.75) is 0 Å². The maximum atomic E-state index is 12.8. The first kappa shape index (κ1) is 12.9. The van der Waals surface area contributed by atoms with Crippen LogP contribution in [0.25, 0.3) is 10.7 Å². The lowest BCUT2D eigenvalue weighted by atomic mass is 10.2. The highest BCUT2D eigenvalue weighted by molar-refractivity contribution is 7.71. The molecule has 0 aliphatic heterocycles. The van der Waals surface area contributed by atoms with Crippen molar-refractivity contribution < 1.29 is 4.39 Å². The summed E-state index contributed by atoms with van der Waals surface area (Å²) >= 11 is 6.71. The minimum absolute atomic E-state index is 0.277. The molecule has 0 aliphatic carbocycles. The molecule has 0 unspecified atom stereocenters. The summed E-state index contributed by atoms with van der Waals surface area (Å²) in [7, 11) is 0. The number of rotatable bonds is 3. The van der Waals surface area contributed by atoms with Crippen molar-refractivity contribution in [1.29, 1.82) is 0 Å². The Morgan fingerprint density at radius 3 is 2.80 bits per heavy atom. The molecule has 100 valence electrons. The van der Waals surface area contributed by atoms with E-state index in [0.717, 1.165) is 10.4 Å². The highest BCUT2D eigenvalue weighted by Gasteiger charge is 2.08. The Morgan fingerprint density at radius 1 is 1.30 bits per heavy atom. The lowest BCUT2D eigenvalue weighted by molar-refractivity contribution is 0.628. The van der Waals surface area contributed by atoms with Gasteiger partial charge < -0.3 is 0 Å². The molecule has 7 heteroatoms. The lowest BCUT2D eigenvalue weighted by Gasteiger charge is -1.97. The first-order valence-electron chi connectivity index (χ1n) is 5.75. The summed E-state index contributed by atoms with van der Waals surface area (Å²) in [6.45, 7) is 0. The minimum Gasteiger partial charge on any atom is -0.250 e. The summed E-state index contributed by atoms with van der Waals surface area (Å²) in [6.07, 6.45) is 1.61. The first-order chi connectivity index (χ1) is 9.74. The second-order valence-corrected chi connectivity index (χ2v) is 5.27. The number of nitrogens with one attached hydrogen (secondary N) is 1. The van der Waals surface area contributed by atoms with Gasteiger partial charge in [-0.1, -0.05) is 18.2 Å². The van der Waals surface area contributed by atoms with Crippen molar-refractivity contribution >= 4 is 29.8 Å². The Hall–Kier alpha value is -2.12. The van der Waals surface area contributed by atoms with Crippen LogP contribution in [0.4, 0.5) is 4.39 Å². The molecule has 0 atom stereocenters. The van der Waals surface area contributed by atoms with Crippen LogP contribution in [0, 0.1) is 10.6 Å². The fourth-order valence-corrected chi connectivity index (χ4v) is 2.51. The highest BCUT2D eigenvalue weighted by atomic mass is 32.1. The number of H-pyrrole nitrogens is 1. The number of aromatic nitrogens is 3. The van der Waals surface area contributed by atoms with Crippen LogP contribution in [0.3, 0.4) is 0 Å². The number of hydrogen-bond donors (Lipinski definition) is 1. The zero-order valence-electron chi connectivity index (χ0n) is 10.2. The van der Waals surface area contributed by atoms with Crippen LogP contribution in [-0.2, 0) is 0 Å². The molecule has 0 fully saturated rings. The maximum absolute atomic E-state index is 12.8. The van der Waals surface area contributed by atoms with Gasteiger partial charge in [0.15, 0.2) is 5.82 Å². The van der Waals surface area contributed by atoms with E-state index >= 15 is 0 Å². The van der Waals surface area contributed by atoms with Crippen molar-refractivity contribution in [2.75, 3.05) is 0 Å². The Labute approximate surface area is 123 Å². The van der Waals surface area contributed by atoms with E-state index in [9.17, 15) is 4.39 Å². The third-order valence-corrected chi connectivity index (χ3v) is 3.71. The molecular formula is C13H9FN4S2. The van der Waals surface area contributed by atoms with Gasteiger partial charge in [-0.05, 0) is 41.4 Å². The van der Waals surface area contributed by atoms with Gasteiger partial charge in [0.25, 0.3) is 0 Å². The Kier molecular flexibility index (Phi) is 3.53. The topological polar surface area (TPSA) is 46.0 Å². The van der Waals surface area contributed by atoms with Crippen LogP contribution >= 0.6 is 23.6 Å². The van der Waals surface area contributed by atoms with Crippen LogP contribution < -0.4 is 0 Å². The zero-order chi connectivity index (χ0) is 13.9. The minimum atomic E-state index is -0.277. The van der Waals surface area contributed by atoms with Crippen LogP contribution in [0.1, 0.15) is 5.56 Å². The van der Waals surface area contributed by atoms with Gasteiger partial charge in [-0.15, -0.1) is 11.3 Å². The molecule has 0 bridgehead atoms. The van der Waals surface area contributed by atoms with Gasteiger partial charge in [0, 0.05) is 0 Å². The Morgan fingerprint density at radius 2 is 2.10 bits per heavy atom. The third-order valence-electron chi connectivity index (χ3n) is 2.58. The largest absolute Gasteiger partial charge is 0.250 e. The van der Waals surface area contributed by atoms with E-state index in [4.69, 9.17) is 12.2 Å². The molecule has 0 saturated heterocycles. The highest BCUT2D eigenvalue weighted by Crippen LogP contribution is 2.22. The summed E-state index contributed by atoms with van der Waals surface area (Å²) in [4.78, 5) is 0.966. The van der Waals surface area contributed by atoms with Gasteiger partial charge >= 0.3 is 0 Å². The van der Waals surface area contributed by atoms with Crippen LogP contribution in [0.2, 0.25) is 0 Å². The molecule has 1 aromatic carbocycles. The second kappa shape index (κ2) is 5.48. The SMILES string of the molecule is Fc1ccc(/C=N/n2c(-c3cccs3)n[nH]c2=S)cc1. The molecule has 0 radical (unpaired) electrons. The predicted octanol–water partition coefficient (Wildman–Crippen LogP) is 3.69. The fourth-order valence-electron chi connectivity index (χ4n) is 1.64. The van der Waals surface area contributed by atoms with E-state index in [0.29, 0.717) is 10.6 Å². The summed E-state index contributed by atoms with van der Waals surface area (Å²) in [5.41, 5.74) is 0.784. The fraction of sp³-hybridized carbons (Fsp3) is 0. The van der Waals surface area contributed by atoms with Gasteiger partial charge in [-0.25, -0.2) is 9.49 Å². The Balaban J connectivity index is 1.97. The first-order valence-corrected chi connectivity index (χ1v) is 7.04. The van der Waals surface area contributed by atoms with Crippen molar-refractivity contribution in [1.82, 2.24) is 14.9 Å². The van der Waals surface area contributed by atoms with Crippen LogP contribution in [0.5, 0.6) is 0 Å². The van der Waals surface area contributed by atoms with Gasteiger partial charge in [-0.2, -0.15) is 14.9 Å². The molecule has 4 nitrogen and oxygen atoms in total. The van der Waals surface area contributed by atoms with Crippen LogP contribution in [0.15, 0.2) is 46.9 Å². The second-order valence-electron chi connectivity index (χ2n) is 3.94. The number of benzene rings is 1. The average Bonchev–Trinajstić information content (AvgIpc) is 3.08. The number of thiophene rings is 1. The number of hydrogen-bond acceptors (Lipinski definition) is 4. The Bertz CT molecular complexity index is 785. The predicted molar refractivity (Wildman–Crippen MR) is 80.1 cm³/mol. The molecule has 3 aromatic rings. The monoisotopic (exact) mass is 304 g/mol. The van der Waals surface area contributed by atoms with Gasteiger partial charge in [0.05, 0.1) is 11.1 Å². The van der Waals surface area contributed by atoms with Crippen LogP contribution in [-0.4, -0.2) is 21.1 Å². The molecule has 20 heavy (non-hydrogen) atoms. The quantitative estimate of drug-likeness (QED) is 0.592. The molecule has 2 heterocycles. The lowest BCUT2D eigenvalue weighted by Crippen LogP contribution is -1.93. The molecular weight excluding hydrogens is 295 g/mol. The molecule has 0 aliphatic rings. The summed E-state index contributed by atoms with van der Waals surface area (Å²) < 4.78 is 14.8. The van der Waals surface area contributed by atoms with E-state index in [1.54, 1.807) is 34.4 Å². The molecule has 2 aromatic heterocycles. The summed E-state index contributed by atoms with van der Waals surface area (Å²) in [5, 5.41) is 13.1. The van der Waals surface area contributed by atoms with Crippen molar-refractivity contribution in [2.24, 2.45) is 5.10 Å². The van der Waals surface area contributed by atoms with Crippen molar-refractivity contribution in [3.05, 3.63) is 57.9 Å².